The molecule has 0 N–H and O–H groups in total. The van der Waals surface area contributed by atoms with Crippen LogP contribution in [0, 0.1) is 5.92 Å². The van der Waals surface area contributed by atoms with Crippen molar-refractivity contribution in [2.75, 3.05) is 13.2 Å². The van der Waals surface area contributed by atoms with Gasteiger partial charge in [-0.3, -0.25) is 4.79 Å². The number of hydrogen-bond acceptors (Lipinski definition) is 2. The van der Waals surface area contributed by atoms with E-state index in [-0.39, 0.29) is 18.1 Å². The van der Waals surface area contributed by atoms with Crippen molar-refractivity contribution in [1.29, 1.82) is 0 Å². The van der Waals surface area contributed by atoms with Crippen molar-refractivity contribution in [2.45, 2.75) is 39.3 Å². The average Bonchev–Trinajstić information content (AvgIpc) is 2.55. The van der Waals surface area contributed by atoms with Crippen molar-refractivity contribution >= 4 is 5.91 Å². The van der Waals surface area contributed by atoms with Crippen LogP contribution in [0.4, 0.5) is 0 Å². The molecule has 1 heterocycles. The van der Waals surface area contributed by atoms with Crippen molar-refractivity contribution in [2.24, 2.45) is 5.92 Å². The van der Waals surface area contributed by atoms with Gasteiger partial charge in [0.2, 0.25) is 5.91 Å². The molecule has 0 aromatic rings. The highest BCUT2D eigenvalue weighted by Gasteiger charge is 2.31. The van der Waals surface area contributed by atoms with Gasteiger partial charge in [-0.05, 0) is 32.3 Å². The Bertz CT molecular complexity index is 238. The van der Waals surface area contributed by atoms with Crippen molar-refractivity contribution < 1.29 is 9.53 Å². The van der Waals surface area contributed by atoms with E-state index in [0.29, 0.717) is 12.5 Å². The minimum absolute atomic E-state index is 0.0247. The fourth-order valence-corrected chi connectivity index (χ4v) is 2.00. The summed E-state index contributed by atoms with van der Waals surface area (Å²) in [5.74, 6) is 0.589. The molecule has 1 aliphatic rings. The van der Waals surface area contributed by atoms with Crippen LogP contribution in [-0.4, -0.2) is 36.1 Å². The maximum absolute atomic E-state index is 11.6. The number of nitrogens with zero attached hydrogens (tertiary/aromatic N) is 1. The third kappa shape index (κ3) is 3.34. The second-order valence-electron chi connectivity index (χ2n) is 4.57. The molecule has 0 radical (unpaired) electrons. The minimum Gasteiger partial charge on any atom is -0.377 e. The molecule has 0 aromatic carbocycles. The van der Waals surface area contributed by atoms with E-state index in [9.17, 15) is 4.79 Å². The van der Waals surface area contributed by atoms with Crippen molar-refractivity contribution in [3.05, 3.63) is 12.7 Å². The monoisotopic (exact) mass is 211 g/mol. The third-order valence-corrected chi connectivity index (χ3v) is 2.70. The van der Waals surface area contributed by atoms with Crippen LogP contribution in [0.5, 0.6) is 0 Å². The number of rotatable bonds is 4. The van der Waals surface area contributed by atoms with Gasteiger partial charge in [0.25, 0.3) is 0 Å². The number of carbonyl (C=O) groups is 1. The molecule has 0 aromatic heterocycles. The van der Waals surface area contributed by atoms with E-state index in [0.717, 1.165) is 13.0 Å². The zero-order valence-electron chi connectivity index (χ0n) is 9.90. The highest BCUT2D eigenvalue weighted by atomic mass is 16.5. The lowest BCUT2D eigenvalue weighted by molar-refractivity contribution is -0.128. The van der Waals surface area contributed by atoms with Gasteiger partial charge in [0.15, 0.2) is 0 Å². The molecule has 0 bridgehead atoms. The summed E-state index contributed by atoms with van der Waals surface area (Å²) in [6, 6.07) is 0.230. The summed E-state index contributed by atoms with van der Waals surface area (Å²) in [7, 11) is 0. The Hall–Kier alpha value is -0.830. The van der Waals surface area contributed by atoms with Crippen LogP contribution in [0.3, 0.4) is 0 Å². The summed E-state index contributed by atoms with van der Waals surface area (Å²) < 4.78 is 5.57. The van der Waals surface area contributed by atoms with Gasteiger partial charge in [-0.25, -0.2) is 0 Å². The molecule has 86 valence electrons. The minimum atomic E-state index is 0.0247. The molecular weight excluding hydrogens is 190 g/mol. The average molecular weight is 211 g/mol. The summed E-state index contributed by atoms with van der Waals surface area (Å²) in [5, 5.41) is 0. The van der Waals surface area contributed by atoms with Gasteiger partial charge in [0.1, 0.15) is 0 Å². The topological polar surface area (TPSA) is 29.5 Å². The Morgan fingerprint density at radius 3 is 2.87 bits per heavy atom. The molecule has 15 heavy (non-hydrogen) atoms. The molecule has 1 amide bonds. The van der Waals surface area contributed by atoms with Gasteiger partial charge in [0, 0.05) is 6.54 Å². The predicted octanol–water partition coefficient (Wildman–Crippen LogP) is 1.83. The van der Waals surface area contributed by atoms with Gasteiger partial charge in [0.05, 0.1) is 18.8 Å². The maximum Gasteiger partial charge on any atom is 0.246 e. The molecule has 1 fully saturated rings. The Labute approximate surface area is 92.1 Å². The molecule has 1 saturated heterocycles. The quantitative estimate of drug-likeness (QED) is 0.664. The van der Waals surface area contributed by atoms with Crippen LogP contribution in [0.25, 0.3) is 0 Å². The Balaban J connectivity index is 2.52. The second kappa shape index (κ2) is 5.31. The van der Waals surface area contributed by atoms with E-state index >= 15 is 0 Å². The highest BCUT2D eigenvalue weighted by molar-refractivity contribution is 5.87. The molecule has 2 unspecified atom stereocenters. The summed E-state index contributed by atoms with van der Waals surface area (Å²) in [4.78, 5) is 13.4. The Morgan fingerprint density at radius 1 is 1.67 bits per heavy atom. The van der Waals surface area contributed by atoms with Gasteiger partial charge in [-0.1, -0.05) is 13.5 Å². The molecule has 1 aliphatic heterocycles. The summed E-state index contributed by atoms with van der Waals surface area (Å²) >= 11 is 0. The number of amides is 1. The van der Waals surface area contributed by atoms with Crippen molar-refractivity contribution in [3.63, 3.8) is 0 Å². The molecule has 0 spiro atoms. The van der Waals surface area contributed by atoms with E-state index in [1.54, 1.807) is 0 Å². The number of hydrogen-bond donors (Lipinski definition) is 0. The standard InChI is InChI=1S/C12H21NO2/c1-5-12(14)13-7-10(4)6-11(13)8-15-9(2)3/h5,9-11H,1,6-8H2,2-4H3. The van der Waals surface area contributed by atoms with E-state index in [4.69, 9.17) is 4.74 Å². The highest BCUT2D eigenvalue weighted by Crippen LogP contribution is 2.23. The van der Waals surface area contributed by atoms with E-state index in [1.807, 2.05) is 18.7 Å². The SMILES string of the molecule is C=CC(=O)N1CC(C)CC1COC(C)C. The molecule has 3 nitrogen and oxygen atoms in total. The first-order valence-corrected chi connectivity index (χ1v) is 5.59. The molecule has 0 aliphatic carbocycles. The normalized spacial score (nSPS) is 26.0. The first-order chi connectivity index (χ1) is 7.04. The number of likely N-dealkylation sites (tertiary alicyclic amines) is 1. The maximum atomic E-state index is 11.6. The lowest BCUT2D eigenvalue weighted by Crippen LogP contribution is -2.37. The first kappa shape index (κ1) is 12.2. The largest absolute Gasteiger partial charge is 0.377 e. The number of carbonyl (C=O) groups excluding carboxylic acids is 1. The molecule has 2 atom stereocenters. The molecule has 3 heteroatoms. The Kier molecular flexibility index (Phi) is 4.33. The predicted molar refractivity (Wildman–Crippen MR) is 60.6 cm³/mol. The van der Waals surface area contributed by atoms with Gasteiger partial charge >= 0.3 is 0 Å². The van der Waals surface area contributed by atoms with E-state index in [1.165, 1.54) is 6.08 Å². The summed E-state index contributed by atoms with van der Waals surface area (Å²) in [6.45, 7) is 11.2. The van der Waals surface area contributed by atoms with Crippen LogP contribution in [0.2, 0.25) is 0 Å². The molecule has 1 rings (SSSR count). The smallest absolute Gasteiger partial charge is 0.246 e. The van der Waals surface area contributed by atoms with E-state index in [2.05, 4.69) is 13.5 Å². The third-order valence-electron chi connectivity index (χ3n) is 2.70. The Morgan fingerprint density at radius 2 is 2.33 bits per heavy atom. The van der Waals surface area contributed by atoms with Gasteiger partial charge in [-0.2, -0.15) is 0 Å². The van der Waals surface area contributed by atoms with Crippen LogP contribution in [0.1, 0.15) is 27.2 Å². The fourth-order valence-electron chi connectivity index (χ4n) is 2.00. The van der Waals surface area contributed by atoms with Crippen LogP contribution < -0.4 is 0 Å². The lowest BCUT2D eigenvalue weighted by atomic mass is 10.1. The molecular formula is C12H21NO2. The van der Waals surface area contributed by atoms with Crippen LogP contribution in [0.15, 0.2) is 12.7 Å². The zero-order chi connectivity index (χ0) is 11.4. The van der Waals surface area contributed by atoms with Gasteiger partial charge < -0.3 is 9.64 Å². The number of ether oxygens (including phenoxy) is 1. The first-order valence-electron chi connectivity index (χ1n) is 5.59. The van der Waals surface area contributed by atoms with Crippen molar-refractivity contribution in [3.8, 4) is 0 Å². The molecule has 0 saturated carbocycles. The summed E-state index contributed by atoms with van der Waals surface area (Å²) in [5.41, 5.74) is 0. The van der Waals surface area contributed by atoms with Crippen LogP contribution in [-0.2, 0) is 9.53 Å². The lowest BCUT2D eigenvalue weighted by Gasteiger charge is -2.24. The van der Waals surface area contributed by atoms with Crippen molar-refractivity contribution in [1.82, 2.24) is 4.90 Å². The van der Waals surface area contributed by atoms with E-state index < -0.39 is 0 Å². The summed E-state index contributed by atoms with van der Waals surface area (Å²) in [6.07, 6.45) is 2.65. The van der Waals surface area contributed by atoms with Gasteiger partial charge in [-0.15, -0.1) is 0 Å². The fraction of sp³-hybridized carbons (Fsp3) is 0.750. The zero-order valence-corrected chi connectivity index (χ0v) is 9.90. The second-order valence-corrected chi connectivity index (χ2v) is 4.57. The van der Waals surface area contributed by atoms with Crippen LogP contribution >= 0.6 is 0 Å².